The van der Waals surface area contributed by atoms with Crippen LogP contribution in [-0.2, 0) is 4.79 Å². The van der Waals surface area contributed by atoms with E-state index in [2.05, 4.69) is 19.0 Å². The van der Waals surface area contributed by atoms with E-state index >= 15 is 0 Å². The van der Waals surface area contributed by atoms with Gasteiger partial charge in [0.25, 0.3) is 5.91 Å². The lowest BCUT2D eigenvalue weighted by atomic mass is 9.94. The largest absolute Gasteiger partial charge is 0.351 e. The third-order valence-corrected chi connectivity index (χ3v) is 6.07. The maximum atomic E-state index is 13.6. The molecular weight excluding hydrogens is 410 g/mol. The zero-order valence-electron chi connectivity index (χ0n) is 17.4. The Bertz CT molecular complexity index is 1000. The highest BCUT2D eigenvalue weighted by Gasteiger charge is 2.35. The number of anilines is 1. The van der Waals surface area contributed by atoms with Crippen molar-refractivity contribution in [2.24, 2.45) is 0 Å². The predicted molar refractivity (Wildman–Crippen MR) is 120 cm³/mol. The molecule has 0 spiro atoms. The fourth-order valence-corrected chi connectivity index (χ4v) is 4.37. The summed E-state index contributed by atoms with van der Waals surface area (Å²) in [5, 5.41) is 3.19. The number of nitrogens with zero attached hydrogens (tertiary/aromatic N) is 4. The average molecular weight is 436 g/mol. The number of aryl methyl sites for hydroxylation is 1. The van der Waals surface area contributed by atoms with Crippen molar-refractivity contribution in [1.82, 2.24) is 19.0 Å². The number of pyridine rings is 1. The molecule has 1 unspecified atom stereocenters. The van der Waals surface area contributed by atoms with Crippen LogP contribution < -0.4 is 10.2 Å². The van der Waals surface area contributed by atoms with Crippen molar-refractivity contribution in [2.75, 3.05) is 4.90 Å². The fourth-order valence-electron chi connectivity index (χ4n) is 3.96. The van der Waals surface area contributed by atoms with Crippen molar-refractivity contribution in [3.8, 4) is 0 Å². The van der Waals surface area contributed by atoms with Crippen molar-refractivity contribution in [3.05, 3.63) is 71.8 Å². The minimum absolute atomic E-state index is 0.126. The third-order valence-electron chi connectivity index (χ3n) is 5.59. The number of carbonyl (C=O) groups is 2. The van der Waals surface area contributed by atoms with Gasteiger partial charge in [-0.05, 0) is 49.6 Å². The second-order valence-corrected chi connectivity index (χ2v) is 8.39. The first-order chi connectivity index (χ1) is 15.1. The molecule has 160 valence electrons. The van der Waals surface area contributed by atoms with Gasteiger partial charge in [-0.3, -0.25) is 19.5 Å². The Labute approximate surface area is 185 Å². The Morgan fingerprint density at radius 1 is 1.06 bits per heavy atom. The van der Waals surface area contributed by atoms with Crippen LogP contribution in [-0.4, -0.2) is 31.6 Å². The molecule has 3 aromatic rings. The molecular formula is C23H25N5O2S. The van der Waals surface area contributed by atoms with E-state index in [4.69, 9.17) is 0 Å². The molecule has 0 saturated heterocycles. The quantitative estimate of drug-likeness (QED) is 0.630. The number of hydrogen-bond donors (Lipinski definition) is 1. The molecule has 4 rings (SSSR count). The van der Waals surface area contributed by atoms with E-state index in [1.165, 1.54) is 17.5 Å². The van der Waals surface area contributed by atoms with E-state index in [0.717, 1.165) is 43.0 Å². The van der Waals surface area contributed by atoms with Gasteiger partial charge in [0, 0.05) is 24.1 Å². The molecule has 0 radical (unpaired) electrons. The number of rotatable bonds is 6. The molecule has 1 N–H and O–H groups in total. The molecule has 1 fully saturated rings. The van der Waals surface area contributed by atoms with E-state index in [-0.39, 0.29) is 23.6 Å². The monoisotopic (exact) mass is 435 g/mol. The van der Waals surface area contributed by atoms with Crippen LogP contribution in [0.2, 0.25) is 0 Å². The SMILES string of the molecule is Cc1ccc(N(C(=O)c2cnsn2)C(C(=O)NC2CCCCC2)c2ccncc2)cc1. The summed E-state index contributed by atoms with van der Waals surface area (Å²) in [4.78, 5) is 32.7. The fraction of sp³-hybridized carbons (Fsp3) is 0.348. The van der Waals surface area contributed by atoms with Crippen molar-refractivity contribution in [1.29, 1.82) is 0 Å². The van der Waals surface area contributed by atoms with Gasteiger partial charge in [-0.25, -0.2) is 0 Å². The Hall–Kier alpha value is -3.13. The Morgan fingerprint density at radius 2 is 1.77 bits per heavy atom. The van der Waals surface area contributed by atoms with Crippen LogP contribution in [0.3, 0.4) is 0 Å². The van der Waals surface area contributed by atoms with Crippen molar-refractivity contribution in [2.45, 2.75) is 51.1 Å². The smallest absolute Gasteiger partial charge is 0.280 e. The van der Waals surface area contributed by atoms with Gasteiger partial charge < -0.3 is 5.32 Å². The Balaban J connectivity index is 1.76. The number of aromatic nitrogens is 3. The summed E-state index contributed by atoms with van der Waals surface area (Å²) in [6, 6.07) is 10.4. The van der Waals surface area contributed by atoms with E-state index in [9.17, 15) is 9.59 Å². The summed E-state index contributed by atoms with van der Waals surface area (Å²) in [7, 11) is 0. The van der Waals surface area contributed by atoms with Gasteiger partial charge in [-0.15, -0.1) is 0 Å². The summed E-state index contributed by atoms with van der Waals surface area (Å²) in [6.45, 7) is 1.98. The minimum Gasteiger partial charge on any atom is -0.351 e. The van der Waals surface area contributed by atoms with Crippen LogP contribution in [0.5, 0.6) is 0 Å². The van der Waals surface area contributed by atoms with Gasteiger partial charge in [-0.1, -0.05) is 37.0 Å². The molecule has 1 atom stereocenters. The van der Waals surface area contributed by atoms with Gasteiger partial charge in [0.15, 0.2) is 5.69 Å². The molecule has 0 bridgehead atoms. The molecule has 1 aliphatic carbocycles. The van der Waals surface area contributed by atoms with E-state index < -0.39 is 6.04 Å². The lowest BCUT2D eigenvalue weighted by Gasteiger charge is -2.33. The molecule has 1 aliphatic rings. The molecule has 0 aliphatic heterocycles. The number of benzene rings is 1. The first-order valence-corrected chi connectivity index (χ1v) is 11.2. The van der Waals surface area contributed by atoms with Crippen molar-refractivity contribution < 1.29 is 9.59 Å². The second kappa shape index (κ2) is 9.78. The predicted octanol–water partition coefficient (Wildman–Crippen LogP) is 4.08. The number of amides is 2. The van der Waals surface area contributed by atoms with Crippen LogP contribution in [0.25, 0.3) is 0 Å². The molecule has 31 heavy (non-hydrogen) atoms. The van der Waals surface area contributed by atoms with Crippen LogP contribution in [0.4, 0.5) is 5.69 Å². The first-order valence-electron chi connectivity index (χ1n) is 10.5. The molecule has 2 aromatic heterocycles. The highest BCUT2D eigenvalue weighted by Crippen LogP contribution is 2.30. The zero-order chi connectivity index (χ0) is 21.6. The molecule has 8 heteroatoms. The van der Waals surface area contributed by atoms with E-state index in [0.29, 0.717) is 11.3 Å². The van der Waals surface area contributed by atoms with Crippen LogP contribution in [0.1, 0.15) is 59.8 Å². The lowest BCUT2D eigenvalue weighted by Crippen LogP contribution is -2.47. The van der Waals surface area contributed by atoms with Crippen LogP contribution in [0.15, 0.2) is 55.0 Å². The lowest BCUT2D eigenvalue weighted by molar-refractivity contribution is -0.123. The van der Waals surface area contributed by atoms with Gasteiger partial charge in [0.2, 0.25) is 5.91 Å². The molecule has 1 saturated carbocycles. The zero-order valence-corrected chi connectivity index (χ0v) is 18.2. The molecule has 2 amide bonds. The van der Waals surface area contributed by atoms with Gasteiger partial charge in [-0.2, -0.15) is 8.75 Å². The summed E-state index contributed by atoms with van der Waals surface area (Å²) in [5.74, 6) is -0.562. The van der Waals surface area contributed by atoms with Gasteiger partial charge in [0.1, 0.15) is 6.04 Å². The minimum atomic E-state index is -0.846. The number of nitrogens with one attached hydrogen (secondary N) is 1. The molecule has 2 heterocycles. The highest BCUT2D eigenvalue weighted by atomic mass is 32.1. The van der Waals surface area contributed by atoms with Gasteiger partial charge in [0.05, 0.1) is 17.9 Å². The Kier molecular flexibility index (Phi) is 6.66. The van der Waals surface area contributed by atoms with Crippen molar-refractivity contribution >= 4 is 29.2 Å². The second-order valence-electron chi connectivity index (χ2n) is 7.83. The highest BCUT2D eigenvalue weighted by molar-refractivity contribution is 6.99. The normalized spacial score (nSPS) is 15.3. The maximum Gasteiger partial charge on any atom is 0.280 e. The molecule has 7 nitrogen and oxygen atoms in total. The number of hydrogen-bond acceptors (Lipinski definition) is 6. The van der Waals surface area contributed by atoms with Gasteiger partial charge >= 0.3 is 0 Å². The number of carbonyl (C=O) groups excluding carboxylic acids is 2. The van der Waals surface area contributed by atoms with Crippen LogP contribution in [0, 0.1) is 6.92 Å². The van der Waals surface area contributed by atoms with Crippen LogP contribution >= 0.6 is 11.7 Å². The Morgan fingerprint density at radius 3 is 2.42 bits per heavy atom. The summed E-state index contributed by atoms with van der Waals surface area (Å²) in [5.41, 5.74) is 2.61. The standard InChI is InChI=1S/C23H25N5O2S/c1-16-7-9-19(10-8-16)28(23(30)20-15-25-31-27-20)21(17-11-13-24-14-12-17)22(29)26-18-5-3-2-4-6-18/h7-15,18,21H,2-6H2,1H3,(H,26,29). The third kappa shape index (κ3) is 4.96. The van der Waals surface area contributed by atoms with E-state index in [1.54, 1.807) is 24.5 Å². The average Bonchev–Trinajstić information content (AvgIpc) is 3.34. The topological polar surface area (TPSA) is 88.1 Å². The van der Waals surface area contributed by atoms with Crippen molar-refractivity contribution in [3.63, 3.8) is 0 Å². The summed E-state index contributed by atoms with van der Waals surface area (Å²) >= 11 is 0.969. The van der Waals surface area contributed by atoms with E-state index in [1.807, 2.05) is 31.2 Å². The summed E-state index contributed by atoms with van der Waals surface area (Å²) < 4.78 is 8.10. The summed E-state index contributed by atoms with van der Waals surface area (Å²) in [6.07, 6.45) is 10.1. The first kappa shape index (κ1) is 21.1. The molecule has 1 aromatic carbocycles. The maximum absolute atomic E-state index is 13.6.